The van der Waals surface area contributed by atoms with Gasteiger partial charge < -0.3 is 5.32 Å². The molecule has 0 spiro atoms. The third-order valence-corrected chi connectivity index (χ3v) is 5.07. The molecule has 1 amide bonds. The van der Waals surface area contributed by atoms with Gasteiger partial charge in [0.15, 0.2) is 0 Å². The molecule has 1 heterocycles. The molecule has 0 bridgehead atoms. The molecule has 0 unspecified atom stereocenters. The van der Waals surface area contributed by atoms with Gasteiger partial charge in [-0.15, -0.1) is 0 Å². The van der Waals surface area contributed by atoms with Crippen LogP contribution in [-0.4, -0.2) is 21.6 Å². The van der Waals surface area contributed by atoms with Crippen LogP contribution in [-0.2, 0) is 19.5 Å². The van der Waals surface area contributed by atoms with Crippen LogP contribution in [0.2, 0.25) is 0 Å². The number of para-hydroxylation sites is 1. The molecule has 0 aliphatic carbocycles. The normalized spacial score (nSPS) is 11.4. The van der Waals surface area contributed by atoms with Crippen LogP contribution in [0, 0.1) is 13.8 Å². The van der Waals surface area contributed by atoms with E-state index in [1.165, 1.54) is 0 Å². The molecule has 6 nitrogen and oxygen atoms in total. The predicted octanol–water partition coefficient (Wildman–Crippen LogP) is 4.87. The van der Waals surface area contributed by atoms with Gasteiger partial charge in [0.1, 0.15) is 0 Å². The van der Waals surface area contributed by atoms with Crippen LogP contribution in [0.1, 0.15) is 53.0 Å². The number of aromatic nitrogens is 2. The number of hydrogen-bond acceptors (Lipinski definition) is 3. The number of guanidine groups is 1. The van der Waals surface area contributed by atoms with Crippen LogP contribution in [0.5, 0.6) is 0 Å². The van der Waals surface area contributed by atoms with E-state index >= 15 is 0 Å². The van der Waals surface area contributed by atoms with Gasteiger partial charge >= 0.3 is 0 Å². The first-order valence-corrected chi connectivity index (χ1v) is 10.8. The number of anilines is 1. The maximum Gasteiger partial charge on any atom is 0.257 e. The van der Waals surface area contributed by atoms with E-state index in [0.717, 1.165) is 47.5 Å². The lowest BCUT2D eigenvalue weighted by Gasteiger charge is -2.14. The molecule has 2 N–H and O–H groups in total. The number of carbonyl (C=O) groups is 1. The summed E-state index contributed by atoms with van der Waals surface area (Å²) in [6.45, 7) is 9.50. The highest BCUT2D eigenvalue weighted by Gasteiger charge is 2.12. The Morgan fingerprint density at radius 3 is 2.61 bits per heavy atom. The minimum absolute atomic E-state index is 0.192. The largest absolute Gasteiger partial charge is 0.326 e. The summed E-state index contributed by atoms with van der Waals surface area (Å²) in [5.41, 5.74) is 5.73. The van der Waals surface area contributed by atoms with Crippen LogP contribution < -0.4 is 10.6 Å². The average Bonchev–Trinajstić information content (AvgIpc) is 3.11. The monoisotopic (exact) mass is 417 g/mol. The first-order valence-electron chi connectivity index (χ1n) is 10.8. The smallest absolute Gasteiger partial charge is 0.257 e. The molecular formula is C25H31N5O. The maximum absolute atomic E-state index is 12.9. The van der Waals surface area contributed by atoms with Crippen molar-refractivity contribution >= 4 is 17.6 Å². The van der Waals surface area contributed by atoms with E-state index in [1.54, 1.807) is 6.07 Å². The fourth-order valence-corrected chi connectivity index (χ4v) is 3.38. The molecule has 0 radical (unpaired) electrons. The zero-order valence-corrected chi connectivity index (χ0v) is 18.8. The van der Waals surface area contributed by atoms with Crippen LogP contribution >= 0.6 is 0 Å². The van der Waals surface area contributed by atoms with Gasteiger partial charge in [0, 0.05) is 29.6 Å². The highest BCUT2D eigenvalue weighted by Crippen LogP contribution is 2.16. The number of rotatable bonds is 7. The van der Waals surface area contributed by atoms with Crippen molar-refractivity contribution in [3.8, 4) is 0 Å². The van der Waals surface area contributed by atoms with E-state index in [4.69, 9.17) is 4.99 Å². The fraction of sp³-hybridized carbons (Fsp3) is 0.320. The summed E-state index contributed by atoms with van der Waals surface area (Å²) in [5.74, 6) is 0.234. The lowest BCUT2D eigenvalue weighted by molar-refractivity contribution is 0.0977. The quantitative estimate of drug-likeness (QED) is 0.425. The van der Waals surface area contributed by atoms with Crippen molar-refractivity contribution in [1.29, 1.82) is 0 Å². The number of nitrogens with zero attached hydrogens (tertiary/aromatic N) is 3. The highest BCUT2D eigenvalue weighted by atomic mass is 16.1. The lowest BCUT2D eigenvalue weighted by Crippen LogP contribution is -2.36. The molecule has 0 saturated heterocycles. The van der Waals surface area contributed by atoms with E-state index in [0.29, 0.717) is 18.1 Å². The van der Waals surface area contributed by atoms with E-state index in [-0.39, 0.29) is 5.91 Å². The van der Waals surface area contributed by atoms with E-state index in [2.05, 4.69) is 35.6 Å². The van der Waals surface area contributed by atoms with Crippen LogP contribution in [0.4, 0.5) is 5.69 Å². The van der Waals surface area contributed by atoms with Gasteiger partial charge in [-0.1, -0.05) is 49.7 Å². The molecular weight excluding hydrogens is 386 g/mol. The van der Waals surface area contributed by atoms with Crippen molar-refractivity contribution in [2.75, 3.05) is 5.32 Å². The SMILES string of the molecule is CCCn1cc(CN=C(NC(=O)c2cccc(C)c2)Nc2ccccc2CC)c(C)n1. The Labute approximate surface area is 184 Å². The summed E-state index contributed by atoms with van der Waals surface area (Å²) in [7, 11) is 0. The van der Waals surface area contributed by atoms with Gasteiger partial charge in [-0.3, -0.25) is 14.8 Å². The molecule has 3 rings (SSSR count). The van der Waals surface area contributed by atoms with Crippen molar-refractivity contribution in [3.05, 3.63) is 82.7 Å². The average molecular weight is 418 g/mol. The lowest BCUT2D eigenvalue weighted by atomic mass is 10.1. The summed E-state index contributed by atoms with van der Waals surface area (Å²) in [4.78, 5) is 17.6. The number of carbonyl (C=O) groups excluding carboxylic acids is 1. The number of aryl methyl sites for hydroxylation is 4. The van der Waals surface area contributed by atoms with Gasteiger partial charge in [0.05, 0.1) is 12.2 Å². The molecule has 2 aromatic carbocycles. The second-order valence-electron chi connectivity index (χ2n) is 7.63. The van der Waals surface area contributed by atoms with E-state index in [1.807, 2.05) is 61.1 Å². The second-order valence-corrected chi connectivity index (χ2v) is 7.63. The Morgan fingerprint density at radius 1 is 1.06 bits per heavy atom. The Balaban J connectivity index is 1.86. The third-order valence-electron chi connectivity index (χ3n) is 5.07. The Bertz CT molecular complexity index is 1070. The zero-order chi connectivity index (χ0) is 22.2. The summed E-state index contributed by atoms with van der Waals surface area (Å²) < 4.78 is 1.95. The molecule has 31 heavy (non-hydrogen) atoms. The number of nitrogens with one attached hydrogen (secondary N) is 2. The zero-order valence-electron chi connectivity index (χ0n) is 18.8. The first kappa shape index (κ1) is 22.3. The molecule has 6 heteroatoms. The number of amides is 1. The van der Waals surface area contributed by atoms with Crippen molar-refractivity contribution in [2.45, 2.75) is 53.6 Å². The highest BCUT2D eigenvalue weighted by molar-refractivity contribution is 6.10. The topological polar surface area (TPSA) is 71.3 Å². The molecule has 1 aromatic heterocycles. The Morgan fingerprint density at radius 2 is 1.87 bits per heavy atom. The first-order chi connectivity index (χ1) is 15.0. The molecule has 0 fully saturated rings. The molecule has 162 valence electrons. The van der Waals surface area contributed by atoms with Gasteiger partial charge in [-0.05, 0) is 50.5 Å². The minimum atomic E-state index is -0.192. The van der Waals surface area contributed by atoms with Crippen molar-refractivity contribution in [1.82, 2.24) is 15.1 Å². The summed E-state index contributed by atoms with van der Waals surface area (Å²) in [6.07, 6.45) is 3.94. The number of hydrogen-bond donors (Lipinski definition) is 2. The fourth-order valence-electron chi connectivity index (χ4n) is 3.38. The third kappa shape index (κ3) is 6.04. The summed E-state index contributed by atoms with van der Waals surface area (Å²) >= 11 is 0. The standard InChI is InChI=1S/C25H31N5O/c1-5-14-30-17-22(19(4)29-30)16-26-25(27-23-13-8-7-11-20(23)6-2)28-24(31)21-12-9-10-18(3)15-21/h7-13,15,17H,5-6,14,16H2,1-4H3,(H2,26,27,28,31). The van der Waals surface area contributed by atoms with Gasteiger partial charge in [-0.2, -0.15) is 5.10 Å². The second kappa shape index (κ2) is 10.6. The summed E-state index contributed by atoms with van der Waals surface area (Å²) in [5, 5.41) is 10.8. The number of aliphatic imine (C=N–C) groups is 1. The minimum Gasteiger partial charge on any atom is -0.326 e. The van der Waals surface area contributed by atoms with Gasteiger partial charge in [0.2, 0.25) is 5.96 Å². The van der Waals surface area contributed by atoms with E-state index in [9.17, 15) is 4.79 Å². The van der Waals surface area contributed by atoms with Crippen molar-refractivity contribution in [2.24, 2.45) is 4.99 Å². The van der Waals surface area contributed by atoms with Gasteiger partial charge in [0.25, 0.3) is 5.91 Å². The van der Waals surface area contributed by atoms with Crippen molar-refractivity contribution < 1.29 is 4.79 Å². The molecule has 3 aromatic rings. The van der Waals surface area contributed by atoms with Crippen LogP contribution in [0.15, 0.2) is 59.7 Å². The summed E-state index contributed by atoms with van der Waals surface area (Å²) in [6, 6.07) is 15.6. The van der Waals surface area contributed by atoms with Crippen molar-refractivity contribution in [3.63, 3.8) is 0 Å². The molecule has 0 atom stereocenters. The van der Waals surface area contributed by atoms with Crippen LogP contribution in [0.3, 0.4) is 0 Å². The Hall–Kier alpha value is -3.41. The predicted molar refractivity (Wildman–Crippen MR) is 126 cm³/mol. The molecule has 0 aliphatic rings. The Kier molecular flexibility index (Phi) is 7.60. The molecule has 0 saturated carbocycles. The molecule has 0 aliphatic heterocycles. The van der Waals surface area contributed by atoms with Gasteiger partial charge in [-0.25, -0.2) is 4.99 Å². The number of benzene rings is 2. The van der Waals surface area contributed by atoms with Crippen LogP contribution in [0.25, 0.3) is 0 Å². The van der Waals surface area contributed by atoms with E-state index < -0.39 is 0 Å². The maximum atomic E-state index is 12.9.